The smallest absolute Gasteiger partial charge is 0.234 e. The number of primary amides is 1. The summed E-state index contributed by atoms with van der Waals surface area (Å²) in [4.78, 5) is 10.6. The van der Waals surface area contributed by atoms with Crippen LogP contribution in [0.2, 0.25) is 0 Å². The summed E-state index contributed by atoms with van der Waals surface area (Å²) in [7, 11) is 0. The molecule has 0 saturated carbocycles. The summed E-state index contributed by atoms with van der Waals surface area (Å²) in [6, 6.07) is -0.715. The number of carbonyl (C=O) groups excluding carboxylic acids is 1. The van der Waals surface area contributed by atoms with E-state index in [9.17, 15) is 9.90 Å². The Bertz CT molecular complexity index is 189. The molecule has 0 aromatic rings. The molecule has 5 nitrogen and oxygen atoms in total. The van der Waals surface area contributed by atoms with Crippen LogP contribution < -0.4 is 11.5 Å². The Balaban J connectivity index is 3.74. The summed E-state index contributed by atoms with van der Waals surface area (Å²) >= 11 is 0. The molecule has 0 spiro atoms. The van der Waals surface area contributed by atoms with E-state index in [4.69, 9.17) is 16.2 Å². The molecule has 1 amide bonds. The zero-order valence-electron chi connectivity index (χ0n) is 8.99. The number of aliphatic hydroxyl groups is 1. The van der Waals surface area contributed by atoms with Gasteiger partial charge < -0.3 is 21.3 Å². The van der Waals surface area contributed by atoms with Crippen molar-refractivity contribution in [2.45, 2.75) is 51.5 Å². The molecule has 0 saturated heterocycles. The number of nitrogens with two attached hydrogens (primary N) is 2. The van der Waals surface area contributed by atoms with Crippen molar-refractivity contribution in [3.05, 3.63) is 0 Å². The summed E-state index contributed by atoms with van der Waals surface area (Å²) in [5, 5.41) is 9.39. The molecule has 84 valence electrons. The number of rotatable bonds is 5. The van der Waals surface area contributed by atoms with Crippen molar-refractivity contribution < 1.29 is 14.6 Å². The van der Waals surface area contributed by atoms with Gasteiger partial charge in [0.2, 0.25) is 5.91 Å². The molecule has 2 atom stereocenters. The SMILES string of the molecule is CC(C)(C)OC(O)CC[C@@H](N)C(N)=O. The van der Waals surface area contributed by atoms with Crippen LogP contribution in [0.15, 0.2) is 0 Å². The van der Waals surface area contributed by atoms with Crippen LogP contribution in [0.25, 0.3) is 0 Å². The molecule has 5 heteroatoms. The predicted octanol–water partition coefficient (Wildman–Crippen LogP) is -0.287. The van der Waals surface area contributed by atoms with Gasteiger partial charge in [0.25, 0.3) is 0 Å². The summed E-state index contributed by atoms with van der Waals surface area (Å²) in [5.41, 5.74) is 9.94. The number of amides is 1. The highest BCUT2D eigenvalue weighted by molar-refractivity contribution is 5.79. The van der Waals surface area contributed by atoms with Crippen molar-refractivity contribution in [2.24, 2.45) is 11.5 Å². The van der Waals surface area contributed by atoms with Gasteiger partial charge in [-0.1, -0.05) is 0 Å². The van der Waals surface area contributed by atoms with Crippen LogP contribution in [0, 0.1) is 0 Å². The Morgan fingerprint density at radius 2 is 1.93 bits per heavy atom. The Hall–Kier alpha value is -0.650. The largest absolute Gasteiger partial charge is 0.368 e. The van der Waals surface area contributed by atoms with E-state index in [1.807, 2.05) is 20.8 Å². The van der Waals surface area contributed by atoms with Crippen LogP contribution in [0.1, 0.15) is 33.6 Å². The molecule has 0 aromatic carbocycles. The lowest BCUT2D eigenvalue weighted by molar-refractivity contribution is -0.169. The molecule has 5 N–H and O–H groups in total. The fourth-order valence-corrected chi connectivity index (χ4v) is 0.931. The van der Waals surface area contributed by atoms with Crippen molar-refractivity contribution >= 4 is 5.91 Å². The quantitative estimate of drug-likeness (QED) is 0.536. The first-order chi connectivity index (χ1) is 6.22. The molecule has 1 unspecified atom stereocenters. The number of hydrogen-bond acceptors (Lipinski definition) is 4. The first-order valence-corrected chi connectivity index (χ1v) is 4.63. The van der Waals surface area contributed by atoms with Crippen LogP contribution in [0.4, 0.5) is 0 Å². The third kappa shape index (κ3) is 6.82. The summed E-state index contributed by atoms with van der Waals surface area (Å²) in [6.07, 6.45) is -0.270. The Labute approximate surface area is 84.4 Å². The zero-order valence-corrected chi connectivity index (χ0v) is 8.99. The number of hydrogen-bond donors (Lipinski definition) is 3. The van der Waals surface area contributed by atoms with E-state index in [1.165, 1.54) is 0 Å². The van der Waals surface area contributed by atoms with Crippen LogP contribution in [-0.4, -0.2) is 28.9 Å². The van der Waals surface area contributed by atoms with E-state index in [0.29, 0.717) is 12.8 Å². The normalized spacial score (nSPS) is 16.4. The maximum Gasteiger partial charge on any atom is 0.234 e. The second kappa shape index (κ2) is 5.29. The zero-order chi connectivity index (χ0) is 11.4. The van der Waals surface area contributed by atoms with Crippen molar-refractivity contribution in [3.63, 3.8) is 0 Å². The fraction of sp³-hybridized carbons (Fsp3) is 0.889. The van der Waals surface area contributed by atoms with Crippen LogP contribution in [0.5, 0.6) is 0 Å². The topological polar surface area (TPSA) is 98.6 Å². The highest BCUT2D eigenvalue weighted by Gasteiger charge is 2.18. The molecular formula is C9H20N2O3. The summed E-state index contributed by atoms with van der Waals surface area (Å²) in [5.74, 6) is -0.562. The van der Waals surface area contributed by atoms with Crippen molar-refractivity contribution in [3.8, 4) is 0 Å². The maximum atomic E-state index is 10.6. The van der Waals surface area contributed by atoms with Gasteiger partial charge in [-0.05, 0) is 27.2 Å². The molecule has 0 aliphatic heterocycles. The third-order valence-corrected chi connectivity index (χ3v) is 1.58. The minimum absolute atomic E-state index is 0.307. The first-order valence-electron chi connectivity index (χ1n) is 4.63. The van der Waals surface area contributed by atoms with E-state index in [-0.39, 0.29) is 0 Å². The lowest BCUT2D eigenvalue weighted by Gasteiger charge is -2.24. The first kappa shape index (κ1) is 13.4. The van der Waals surface area contributed by atoms with E-state index in [2.05, 4.69) is 0 Å². The molecule has 0 rings (SSSR count). The lowest BCUT2D eigenvalue weighted by atomic mass is 10.1. The molecular weight excluding hydrogens is 184 g/mol. The molecule has 0 aliphatic carbocycles. The van der Waals surface area contributed by atoms with Gasteiger partial charge in [-0.15, -0.1) is 0 Å². The van der Waals surface area contributed by atoms with Crippen molar-refractivity contribution in [2.75, 3.05) is 0 Å². The average molecular weight is 204 g/mol. The summed E-state index contributed by atoms with van der Waals surface area (Å²) in [6.45, 7) is 5.51. The molecule has 0 aliphatic rings. The second-order valence-electron chi connectivity index (χ2n) is 4.27. The predicted molar refractivity (Wildman–Crippen MR) is 53.2 cm³/mol. The highest BCUT2D eigenvalue weighted by Crippen LogP contribution is 2.12. The van der Waals surface area contributed by atoms with E-state index in [1.54, 1.807) is 0 Å². The second-order valence-corrected chi connectivity index (χ2v) is 4.27. The number of aliphatic hydroxyl groups excluding tert-OH is 1. The highest BCUT2D eigenvalue weighted by atomic mass is 16.6. The Morgan fingerprint density at radius 3 is 2.29 bits per heavy atom. The molecule has 0 fully saturated rings. The van der Waals surface area contributed by atoms with Gasteiger partial charge in [0.05, 0.1) is 11.6 Å². The van der Waals surface area contributed by atoms with E-state index in [0.717, 1.165) is 0 Å². The van der Waals surface area contributed by atoms with Gasteiger partial charge in [0.15, 0.2) is 6.29 Å². The van der Waals surface area contributed by atoms with Gasteiger partial charge in [0, 0.05) is 6.42 Å². The van der Waals surface area contributed by atoms with Gasteiger partial charge in [-0.2, -0.15) is 0 Å². The van der Waals surface area contributed by atoms with Gasteiger partial charge >= 0.3 is 0 Å². The maximum absolute atomic E-state index is 10.6. The van der Waals surface area contributed by atoms with Crippen LogP contribution in [0.3, 0.4) is 0 Å². The molecule has 0 radical (unpaired) electrons. The van der Waals surface area contributed by atoms with Crippen LogP contribution in [-0.2, 0) is 9.53 Å². The minimum atomic E-state index is -0.902. The van der Waals surface area contributed by atoms with E-state index < -0.39 is 23.8 Å². The molecule has 0 bridgehead atoms. The number of carbonyl (C=O) groups is 1. The Kier molecular flexibility index (Phi) is 5.04. The summed E-state index contributed by atoms with van der Waals surface area (Å²) < 4.78 is 5.22. The van der Waals surface area contributed by atoms with E-state index >= 15 is 0 Å². The average Bonchev–Trinajstić information content (AvgIpc) is 1.96. The standard InChI is InChI=1S/C9H20N2O3/c1-9(2,3)14-7(12)5-4-6(10)8(11)13/h6-7,12H,4-5,10H2,1-3H3,(H2,11,13)/t6-,7?/m1/s1. The molecule has 0 aromatic heterocycles. The molecule has 14 heavy (non-hydrogen) atoms. The van der Waals surface area contributed by atoms with Gasteiger partial charge in [-0.3, -0.25) is 4.79 Å². The van der Waals surface area contributed by atoms with Gasteiger partial charge in [-0.25, -0.2) is 0 Å². The van der Waals surface area contributed by atoms with Gasteiger partial charge in [0.1, 0.15) is 0 Å². The third-order valence-electron chi connectivity index (χ3n) is 1.58. The van der Waals surface area contributed by atoms with Crippen molar-refractivity contribution in [1.29, 1.82) is 0 Å². The Morgan fingerprint density at radius 1 is 1.43 bits per heavy atom. The fourth-order valence-electron chi connectivity index (χ4n) is 0.931. The minimum Gasteiger partial charge on any atom is -0.368 e. The van der Waals surface area contributed by atoms with Crippen molar-refractivity contribution in [1.82, 2.24) is 0 Å². The van der Waals surface area contributed by atoms with Crippen LogP contribution >= 0.6 is 0 Å². The monoisotopic (exact) mass is 204 g/mol. The molecule has 0 heterocycles. The lowest BCUT2D eigenvalue weighted by Crippen LogP contribution is -2.37. The number of ether oxygens (including phenoxy) is 1.